The van der Waals surface area contributed by atoms with Gasteiger partial charge in [-0.15, -0.1) is 0 Å². The van der Waals surface area contributed by atoms with E-state index in [1.807, 2.05) is 4.90 Å². The molecule has 0 aromatic carbocycles. The van der Waals surface area contributed by atoms with Gasteiger partial charge in [0.05, 0.1) is 5.54 Å². The van der Waals surface area contributed by atoms with Crippen molar-refractivity contribution in [3.63, 3.8) is 0 Å². The van der Waals surface area contributed by atoms with Crippen molar-refractivity contribution in [3.05, 3.63) is 0 Å². The maximum atomic E-state index is 12.0. The topological polar surface area (TPSA) is 55.6 Å². The third kappa shape index (κ3) is 1.88. The van der Waals surface area contributed by atoms with Gasteiger partial charge in [0.25, 0.3) is 5.91 Å². The molecule has 2 atom stereocenters. The van der Waals surface area contributed by atoms with Crippen molar-refractivity contribution in [3.8, 4) is 0 Å². The Morgan fingerprint density at radius 1 is 1.60 bits per heavy atom. The average Bonchev–Trinajstić information content (AvgIpc) is 2.58. The van der Waals surface area contributed by atoms with E-state index in [2.05, 4.69) is 13.8 Å². The van der Waals surface area contributed by atoms with Crippen LogP contribution in [-0.2, 0) is 9.53 Å². The van der Waals surface area contributed by atoms with E-state index in [4.69, 9.17) is 10.5 Å². The second-order valence-electron chi connectivity index (χ2n) is 4.97. The predicted molar refractivity (Wildman–Crippen MR) is 57.3 cm³/mol. The minimum atomic E-state index is -0.216. The molecule has 15 heavy (non-hydrogen) atoms. The summed E-state index contributed by atoms with van der Waals surface area (Å²) in [7, 11) is 0. The lowest BCUT2D eigenvalue weighted by atomic mass is 9.87. The van der Waals surface area contributed by atoms with Crippen molar-refractivity contribution in [2.45, 2.75) is 38.3 Å². The number of ether oxygens (including phenoxy) is 1. The average molecular weight is 212 g/mol. The number of amides is 1. The van der Waals surface area contributed by atoms with Crippen LogP contribution in [-0.4, -0.2) is 42.1 Å². The Bertz CT molecular complexity index is 261. The van der Waals surface area contributed by atoms with Gasteiger partial charge >= 0.3 is 0 Å². The fraction of sp³-hybridized carbons (Fsp3) is 0.909. The van der Waals surface area contributed by atoms with Crippen LogP contribution in [0.3, 0.4) is 0 Å². The minimum absolute atomic E-state index is 0.134. The third-order valence-electron chi connectivity index (χ3n) is 3.66. The number of hydrogen-bond acceptors (Lipinski definition) is 3. The van der Waals surface area contributed by atoms with Crippen LogP contribution in [0, 0.1) is 5.92 Å². The lowest BCUT2D eigenvalue weighted by Gasteiger charge is -2.48. The zero-order valence-corrected chi connectivity index (χ0v) is 9.53. The molecule has 0 bridgehead atoms. The smallest absolute Gasteiger partial charge is 0.252 e. The Labute approximate surface area is 90.8 Å². The largest absolute Gasteiger partial charge is 0.368 e. The molecule has 86 valence electrons. The summed E-state index contributed by atoms with van der Waals surface area (Å²) in [5.41, 5.74) is 5.89. The Kier molecular flexibility index (Phi) is 2.73. The van der Waals surface area contributed by atoms with Crippen LogP contribution in [0.25, 0.3) is 0 Å². The van der Waals surface area contributed by atoms with Gasteiger partial charge in [0.1, 0.15) is 6.10 Å². The van der Waals surface area contributed by atoms with E-state index >= 15 is 0 Å². The summed E-state index contributed by atoms with van der Waals surface area (Å²) >= 11 is 0. The van der Waals surface area contributed by atoms with E-state index in [1.165, 1.54) is 0 Å². The summed E-state index contributed by atoms with van der Waals surface area (Å²) in [6.07, 6.45) is 1.70. The molecular weight excluding hydrogens is 192 g/mol. The summed E-state index contributed by atoms with van der Waals surface area (Å²) in [5.74, 6) is 0.487. The van der Waals surface area contributed by atoms with E-state index in [0.717, 1.165) is 12.8 Å². The van der Waals surface area contributed by atoms with E-state index < -0.39 is 0 Å². The van der Waals surface area contributed by atoms with Crippen LogP contribution in [0.15, 0.2) is 0 Å². The van der Waals surface area contributed by atoms with Crippen molar-refractivity contribution < 1.29 is 9.53 Å². The molecule has 2 aliphatic heterocycles. The first-order valence-corrected chi connectivity index (χ1v) is 5.75. The lowest BCUT2D eigenvalue weighted by Crippen LogP contribution is -2.69. The number of nitrogens with zero attached hydrogens (tertiary/aromatic N) is 1. The molecule has 2 aliphatic rings. The fourth-order valence-electron chi connectivity index (χ4n) is 2.28. The van der Waals surface area contributed by atoms with E-state index in [0.29, 0.717) is 25.6 Å². The van der Waals surface area contributed by atoms with Crippen LogP contribution in [0.4, 0.5) is 0 Å². The summed E-state index contributed by atoms with van der Waals surface area (Å²) in [4.78, 5) is 13.8. The predicted octanol–water partition coefficient (Wildman–Crippen LogP) is 0.361. The summed E-state index contributed by atoms with van der Waals surface area (Å²) in [6.45, 7) is 6.23. The quantitative estimate of drug-likeness (QED) is 0.719. The molecule has 2 rings (SSSR count). The van der Waals surface area contributed by atoms with Crippen molar-refractivity contribution in [1.82, 2.24) is 4.90 Å². The molecule has 0 aromatic heterocycles. The highest BCUT2D eigenvalue weighted by Crippen LogP contribution is 2.27. The number of nitrogens with two attached hydrogens (primary N) is 1. The van der Waals surface area contributed by atoms with E-state index in [1.54, 1.807) is 0 Å². The first-order valence-electron chi connectivity index (χ1n) is 5.75. The van der Waals surface area contributed by atoms with Gasteiger partial charge in [0.2, 0.25) is 0 Å². The SMILES string of the molecule is CCC1(N)CN(C(=O)C2OCCC2C)C1. The molecule has 0 saturated carbocycles. The maximum Gasteiger partial charge on any atom is 0.252 e. The van der Waals surface area contributed by atoms with Gasteiger partial charge in [-0.1, -0.05) is 13.8 Å². The molecule has 0 aliphatic carbocycles. The second-order valence-corrected chi connectivity index (χ2v) is 4.97. The molecular formula is C11H20N2O2. The molecule has 2 N–H and O–H groups in total. The van der Waals surface area contributed by atoms with Crippen molar-refractivity contribution in [2.24, 2.45) is 11.7 Å². The molecule has 0 spiro atoms. The molecule has 0 radical (unpaired) electrons. The van der Waals surface area contributed by atoms with Gasteiger partial charge in [0, 0.05) is 19.7 Å². The van der Waals surface area contributed by atoms with E-state index in [9.17, 15) is 4.79 Å². The standard InChI is InChI=1S/C11H20N2O2/c1-3-11(12)6-13(7-11)10(14)9-8(2)4-5-15-9/h8-9H,3-7,12H2,1-2H3. The molecule has 2 unspecified atom stereocenters. The number of carbonyl (C=O) groups is 1. The van der Waals surface area contributed by atoms with Gasteiger partial charge in [-0.2, -0.15) is 0 Å². The van der Waals surface area contributed by atoms with Crippen LogP contribution in [0.5, 0.6) is 0 Å². The van der Waals surface area contributed by atoms with Crippen LogP contribution in [0.1, 0.15) is 26.7 Å². The van der Waals surface area contributed by atoms with Gasteiger partial charge in [0.15, 0.2) is 0 Å². The van der Waals surface area contributed by atoms with Gasteiger partial charge in [-0.25, -0.2) is 0 Å². The van der Waals surface area contributed by atoms with E-state index in [-0.39, 0.29) is 17.6 Å². The third-order valence-corrected chi connectivity index (χ3v) is 3.66. The molecule has 0 aromatic rings. The Balaban J connectivity index is 1.89. The maximum absolute atomic E-state index is 12.0. The van der Waals surface area contributed by atoms with Crippen LogP contribution >= 0.6 is 0 Å². The molecule has 4 heteroatoms. The highest BCUT2D eigenvalue weighted by Gasteiger charge is 2.44. The molecule has 2 fully saturated rings. The van der Waals surface area contributed by atoms with Gasteiger partial charge in [-0.05, 0) is 18.8 Å². The minimum Gasteiger partial charge on any atom is -0.368 e. The molecule has 4 nitrogen and oxygen atoms in total. The monoisotopic (exact) mass is 212 g/mol. The number of likely N-dealkylation sites (tertiary alicyclic amines) is 1. The van der Waals surface area contributed by atoms with Crippen molar-refractivity contribution in [2.75, 3.05) is 19.7 Å². The molecule has 1 amide bonds. The fourth-order valence-corrected chi connectivity index (χ4v) is 2.28. The molecule has 2 heterocycles. The van der Waals surface area contributed by atoms with Gasteiger partial charge < -0.3 is 15.4 Å². The van der Waals surface area contributed by atoms with Crippen LogP contribution in [0.2, 0.25) is 0 Å². The number of carbonyl (C=O) groups excluding carboxylic acids is 1. The van der Waals surface area contributed by atoms with Crippen LogP contribution < -0.4 is 5.73 Å². The summed E-state index contributed by atoms with van der Waals surface area (Å²) in [5, 5.41) is 0. The first kappa shape index (κ1) is 10.9. The molecule has 2 saturated heterocycles. The summed E-state index contributed by atoms with van der Waals surface area (Å²) in [6, 6.07) is 0. The second kappa shape index (κ2) is 3.76. The highest BCUT2D eigenvalue weighted by atomic mass is 16.5. The summed E-state index contributed by atoms with van der Waals surface area (Å²) < 4.78 is 5.45. The normalized spacial score (nSPS) is 33.9. The number of hydrogen-bond donors (Lipinski definition) is 1. The first-order chi connectivity index (χ1) is 7.06. The number of rotatable bonds is 2. The Hall–Kier alpha value is -0.610. The Morgan fingerprint density at radius 2 is 2.27 bits per heavy atom. The zero-order chi connectivity index (χ0) is 11.1. The lowest BCUT2D eigenvalue weighted by molar-refractivity contribution is -0.150. The van der Waals surface area contributed by atoms with Crippen molar-refractivity contribution in [1.29, 1.82) is 0 Å². The highest BCUT2D eigenvalue weighted by molar-refractivity contribution is 5.82. The Morgan fingerprint density at radius 3 is 2.73 bits per heavy atom. The van der Waals surface area contributed by atoms with Crippen molar-refractivity contribution >= 4 is 5.91 Å². The zero-order valence-electron chi connectivity index (χ0n) is 9.53. The van der Waals surface area contributed by atoms with Gasteiger partial charge in [-0.3, -0.25) is 4.79 Å².